The molecule has 0 spiro atoms. The summed E-state index contributed by atoms with van der Waals surface area (Å²) in [6.07, 6.45) is 0.601. The first-order valence-electron chi connectivity index (χ1n) is 5.93. The third kappa shape index (κ3) is 4.51. The van der Waals surface area contributed by atoms with Crippen LogP contribution in [0.5, 0.6) is 0 Å². The molecular formula is C12H12F5NO3Si. The molecule has 0 radical (unpaired) electrons. The first kappa shape index (κ1) is 18.1. The van der Waals surface area contributed by atoms with Gasteiger partial charge >= 0.3 is 5.97 Å². The first-order chi connectivity index (χ1) is 10.0. The minimum absolute atomic E-state index is 0.601. The molecular weight excluding hydrogens is 329 g/mol. The molecule has 0 N–H and O–H groups in total. The number of carbonyl (C=O) groups excluding carboxylic acids is 1. The van der Waals surface area contributed by atoms with Crippen molar-refractivity contribution in [3.05, 3.63) is 34.6 Å². The van der Waals surface area contributed by atoms with Crippen LogP contribution in [-0.2, 0) is 20.7 Å². The Balaban J connectivity index is 2.76. The molecule has 22 heavy (non-hydrogen) atoms. The molecule has 0 saturated heterocycles. The maximum Gasteiger partial charge on any atom is 0.339 e. The van der Waals surface area contributed by atoms with E-state index in [0.29, 0.717) is 6.21 Å². The summed E-state index contributed by atoms with van der Waals surface area (Å²) in [6.45, 7) is 4.15. The van der Waals surface area contributed by atoms with Crippen LogP contribution in [0.1, 0.15) is 5.56 Å². The van der Waals surface area contributed by atoms with Crippen molar-refractivity contribution in [2.75, 3.05) is 0 Å². The number of hydrogen-bond donors (Lipinski definition) is 0. The molecule has 0 fully saturated rings. The number of oxime groups is 1. The molecule has 0 saturated carbocycles. The first-order valence-corrected chi connectivity index (χ1v) is 9.34. The van der Waals surface area contributed by atoms with E-state index in [1.165, 1.54) is 0 Å². The van der Waals surface area contributed by atoms with Crippen molar-refractivity contribution in [3.8, 4) is 0 Å². The van der Waals surface area contributed by atoms with Crippen molar-refractivity contribution in [1.82, 2.24) is 0 Å². The second-order valence-corrected chi connectivity index (χ2v) is 9.52. The van der Waals surface area contributed by atoms with Gasteiger partial charge in [-0.05, 0) is 19.6 Å². The van der Waals surface area contributed by atoms with Crippen molar-refractivity contribution in [2.24, 2.45) is 5.16 Å². The van der Waals surface area contributed by atoms with Gasteiger partial charge in [0.1, 0.15) is 12.8 Å². The quantitative estimate of drug-likeness (QED) is 0.206. The Bertz CT molecular complexity index is 587. The minimum Gasteiger partial charge on any atom is -0.516 e. The summed E-state index contributed by atoms with van der Waals surface area (Å²) in [7, 11) is -2.14. The Hall–Kier alpha value is -1.97. The van der Waals surface area contributed by atoms with Gasteiger partial charge in [-0.3, -0.25) is 0 Å². The second kappa shape index (κ2) is 6.86. The molecule has 1 aromatic carbocycles. The van der Waals surface area contributed by atoms with Gasteiger partial charge in [0.2, 0.25) is 14.1 Å². The Morgan fingerprint density at radius 3 is 1.91 bits per heavy atom. The van der Waals surface area contributed by atoms with Gasteiger partial charge in [0, 0.05) is 0 Å². The number of carbonyl (C=O) groups is 1. The Labute approximate surface area is 123 Å². The molecule has 122 valence electrons. The lowest BCUT2D eigenvalue weighted by Crippen LogP contribution is -2.29. The van der Waals surface area contributed by atoms with E-state index in [1.54, 1.807) is 19.6 Å². The lowest BCUT2D eigenvalue weighted by Gasteiger charge is -2.14. The van der Waals surface area contributed by atoms with Crippen molar-refractivity contribution in [1.29, 1.82) is 0 Å². The Morgan fingerprint density at radius 2 is 1.45 bits per heavy atom. The fraction of sp³-hybridized carbons (Fsp3) is 0.333. The highest BCUT2D eigenvalue weighted by Crippen LogP contribution is 2.23. The summed E-state index contributed by atoms with van der Waals surface area (Å²) < 4.78 is 70.1. The topological polar surface area (TPSA) is 47.9 Å². The van der Waals surface area contributed by atoms with E-state index in [9.17, 15) is 26.7 Å². The number of rotatable bonds is 5. The zero-order valence-corrected chi connectivity index (χ0v) is 12.8. The number of nitrogens with zero attached hydrogens (tertiary/aromatic N) is 1. The van der Waals surface area contributed by atoms with Crippen LogP contribution in [0.3, 0.4) is 0 Å². The van der Waals surface area contributed by atoms with Crippen LogP contribution in [0.4, 0.5) is 22.0 Å². The zero-order chi connectivity index (χ0) is 17.1. The molecule has 0 unspecified atom stereocenters. The largest absolute Gasteiger partial charge is 0.516 e. The SMILES string of the molecule is C[Si](C)(C)OC(=O)/C=N/OCc1c(F)c(F)c(F)c(F)c1F. The summed E-state index contributed by atoms with van der Waals surface area (Å²) in [6, 6.07) is 0. The van der Waals surface area contributed by atoms with Gasteiger partial charge in [0.25, 0.3) is 0 Å². The van der Waals surface area contributed by atoms with E-state index in [2.05, 4.69) is 9.99 Å². The summed E-state index contributed by atoms with van der Waals surface area (Å²) in [5, 5.41) is 3.07. The van der Waals surface area contributed by atoms with Crippen molar-refractivity contribution in [3.63, 3.8) is 0 Å². The van der Waals surface area contributed by atoms with Gasteiger partial charge in [-0.25, -0.2) is 26.7 Å². The number of benzene rings is 1. The van der Waals surface area contributed by atoms with Crippen molar-refractivity contribution >= 4 is 20.5 Å². The third-order valence-electron chi connectivity index (χ3n) is 2.15. The lowest BCUT2D eigenvalue weighted by molar-refractivity contribution is -0.127. The molecule has 0 aromatic heterocycles. The van der Waals surface area contributed by atoms with Gasteiger partial charge in [-0.1, -0.05) is 5.16 Å². The van der Waals surface area contributed by atoms with Crippen LogP contribution in [0, 0.1) is 29.1 Å². The van der Waals surface area contributed by atoms with Gasteiger partial charge in [0.05, 0.1) is 5.56 Å². The van der Waals surface area contributed by atoms with Gasteiger partial charge in [-0.2, -0.15) is 0 Å². The summed E-state index contributed by atoms with van der Waals surface area (Å²) in [5.41, 5.74) is -1.19. The van der Waals surface area contributed by atoms with Crippen molar-refractivity contribution < 1.29 is 36.0 Å². The third-order valence-corrected chi connectivity index (χ3v) is 2.96. The molecule has 0 aliphatic carbocycles. The minimum atomic E-state index is -2.26. The molecule has 10 heteroatoms. The molecule has 0 aliphatic heterocycles. The maximum absolute atomic E-state index is 13.3. The Morgan fingerprint density at radius 1 is 1.00 bits per heavy atom. The highest BCUT2D eigenvalue weighted by atomic mass is 28.4. The smallest absolute Gasteiger partial charge is 0.339 e. The van der Waals surface area contributed by atoms with Crippen LogP contribution < -0.4 is 0 Å². The van der Waals surface area contributed by atoms with Gasteiger partial charge in [0.15, 0.2) is 23.3 Å². The molecule has 1 aromatic rings. The molecule has 0 aliphatic rings. The predicted molar refractivity (Wildman–Crippen MR) is 69.0 cm³/mol. The average Bonchev–Trinajstić information content (AvgIpc) is 2.40. The van der Waals surface area contributed by atoms with Gasteiger partial charge in [-0.15, -0.1) is 0 Å². The Kier molecular flexibility index (Phi) is 5.63. The van der Waals surface area contributed by atoms with E-state index in [1.807, 2.05) is 0 Å². The molecule has 0 atom stereocenters. The lowest BCUT2D eigenvalue weighted by atomic mass is 10.2. The molecule has 1 rings (SSSR count). The standard InChI is InChI=1S/C12H12F5NO3Si/c1-22(2,3)21-7(19)4-18-20-5-6-8(13)10(15)12(17)11(16)9(6)14/h4H,5H2,1-3H3/b18-4+. The van der Waals surface area contributed by atoms with E-state index in [-0.39, 0.29) is 0 Å². The molecule has 0 heterocycles. The molecule has 4 nitrogen and oxygen atoms in total. The van der Waals surface area contributed by atoms with E-state index in [0.717, 1.165) is 0 Å². The van der Waals surface area contributed by atoms with Crippen LogP contribution >= 0.6 is 0 Å². The maximum atomic E-state index is 13.3. The summed E-state index contributed by atoms with van der Waals surface area (Å²) in [4.78, 5) is 15.6. The monoisotopic (exact) mass is 341 g/mol. The predicted octanol–water partition coefficient (Wildman–Crippen LogP) is 3.26. The number of halogens is 5. The number of hydrogen-bond acceptors (Lipinski definition) is 4. The highest BCUT2D eigenvalue weighted by molar-refractivity contribution is 6.72. The second-order valence-electron chi connectivity index (χ2n) is 5.09. The molecule has 0 bridgehead atoms. The summed E-state index contributed by atoms with van der Waals surface area (Å²) in [5.74, 6) is -11.3. The van der Waals surface area contributed by atoms with Crippen LogP contribution in [0.15, 0.2) is 5.16 Å². The summed E-state index contributed by atoms with van der Waals surface area (Å²) >= 11 is 0. The van der Waals surface area contributed by atoms with E-state index < -0.39 is 55.5 Å². The van der Waals surface area contributed by atoms with Gasteiger partial charge < -0.3 is 9.26 Å². The fourth-order valence-corrected chi connectivity index (χ4v) is 1.94. The molecule has 0 amide bonds. The van der Waals surface area contributed by atoms with Crippen LogP contribution in [-0.4, -0.2) is 20.5 Å². The fourth-order valence-electron chi connectivity index (χ4n) is 1.29. The average molecular weight is 341 g/mol. The van der Waals surface area contributed by atoms with Crippen molar-refractivity contribution in [2.45, 2.75) is 26.2 Å². The highest BCUT2D eigenvalue weighted by Gasteiger charge is 2.26. The van der Waals surface area contributed by atoms with E-state index >= 15 is 0 Å². The van der Waals surface area contributed by atoms with Crippen LogP contribution in [0.2, 0.25) is 19.6 Å². The van der Waals surface area contributed by atoms with Crippen LogP contribution in [0.25, 0.3) is 0 Å². The zero-order valence-electron chi connectivity index (χ0n) is 11.8. The normalized spacial score (nSPS) is 11.8. The van der Waals surface area contributed by atoms with E-state index in [4.69, 9.17) is 4.43 Å².